The highest BCUT2D eigenvalue weighted by atomic mass is 16.2. The molecular formula is C27H30N6O2. The van der Waals surface area contributed by atoms with Gasteiger partial charge in [0.05, 0.1) is 0 Å². The van der Waals surface area contributed by atoms with Gasteiger partial charge in [0.25, 0.3) is 5.56 Å². The minimum absolute atomic E-state index is 0.0182. The topological polar surface area (TPSA) is 107 Å². The van der Waals surface area contributed by atoms with E-state index >= 15 is 0 Å². The van der Waals surface area contributed by atoms with E-state index in [1.807, 2.05) is 43.3 Å². The van der Waals surface area contributed by atoms with Crippen molar-refractivity contribution < 1.29 is 4.79 Å². The summed E-state index contributed by atoms with van der Waals surface area (Å²) in [6.07, 6.45) is 4.33. The van der Waals surface area contributed by atoms with Crippen LogP contribution in [0.15, 0.2) is 59.4 Å². The number of nitrogens with two attached hydrogens (primary N) is 1. The van der Waals surface area contributed by atoms with Crippen molar-refractivity contribution in [1.82, 2.24) is 19.2 Å². The predicted molar refractivity (Wildman–Crippen MR) is 136 cm³/mol. The van der Waals surface area contributed by atoms with Gasteiger partial charge in [-0.2, -0.15) is 9.50 Å². The Labute approximate surface area is 203 Å². The third-order valence-corrected chi connectivity index (χ3v) is 6.85. The van der Waals surface area contributed by atoms with Gasteiger partial charge in [-0.15, -0.1) is 5.10 Å². The lowest BCUT2D eigenvalue weighted by Gasteiger charge is -2.26. The molecule has 0 saturated heterocycles. The second kappa shape index (κ2) is 9.46. The third-order valence-electron chi connectivity index (χ3n) is 6.85. The molecule has 5 rings (SSSR count). The van der Waals surface area contributed by atoms with Crippen molar-refractivity contribution >= 4 is 17.4 Å². The van der Waals surface area contributed by atoms with Gasteiger partial charge in [0.2, 0.25) is 11.7 Å². The van der Waals surface area contributed by atoms with Crippen LogP contribution in [-0.2, 0) is 11.3 Å². The standard InChI is InChI=1S/C27H30N6O2/c1-17-3-13-23(14-4-17)29-24(34)16-32-18(2)15-25(35)33-27(32)30-26(31-33)21-7-5-19(6-8-21)20-9-11-22(28)12-10-20/h3-8,13-15,20,22H,9-12,16,28H2,1-2H3,(H,29,34). The maximum atomic E-state index is 12.8. The van der Waals surface area contributed by atoms with Crippen molar-refractivity contribution in [3.05, 3.63) is 81.8 Å². The van der Waals surface area contributed by atoms with E-state index < -0.39 is 0 Å². The fourth-order valence-electron chi connectivity index (χ4n) is 4.76. The zero-order chi connectivity index (χ0) is 24.5. The first kappa shape index (κ1) is 23.0. The van der Waals surface area contributed by atoms with Gasteiger partial charge < -0.3 is 15.6 Å². The van der Waals surface area contributed by atoms with Crippen molar-refractivity contribution in [2.24, 2.45) is 5.73 Å². The number of nitrogens with one attached hydrogen (secondary N) is 1. The molecule has 1 aliphatic rings. The number of hydrogen-bond acceptors (Lipinski definition) is 5. The minimum Gasteiger partial charge on any atom is -0.328 e. The summed E-state index contributed by atoms with van der Waals surface area (Å²) in [7, 11) is 0. The zero-order valence-electron chi connectivity index (χ0n) is 20.1. The van der Waals surface area contributed by atoms with E-state index in [2.05, 4.69) is 27.5 Å². The van der Waals surface area contributed by atoms with E-state index in [9.17, 15) is 9.59 Å². The molecule has 2 heterocycles. The van der Waals surface area contributed by atoms with Gasteiger partial charge in [0, 0.05) is 29.1 Å². The smallest absolute Gasteiger partial charge is 0.275 e. The largest absolute Gasteiger partial charge is 0.328 e. The normalized spacial score (nSPS) is 18.0. The van der Waals surface area contributed by atoms with Gasteiger partial charge in [0.1, 0.15) is 6.54 Å². The van der Waals surface area contributed by atoms with E-state index in [0.29, 0.717) is 29.3 Å². The van der Waals surface area contributed by atoms with Crippen LogP contribution in [0.1, 0.15) is 48.4 Å². The molecule has 0 unspecified atom stereocenters. The number of hydrogen-bond donors (Lipinski definition) is 2. The van der Waals surface area contributed by atoms with Gasteiger partial charge >= 0.3 is 0 Å². The van der Waals surface area contributed by atoms with Gasteiger partial charge in [0.15, 0.2) is 5.82 Å². The van der Waals surface area contributed by atoms with Crippen LogP contribution in [0.4, 0.5) is 5.69 Å². The summed E-state index contributed by atoms with van der Waals surface area (Å²) >= 11 is 0. The van der Waals surface area contributed by atoms with Crippen LogP contribution in [0.25, 0.3) is 17.2 Å². The fraction of sp³-hybridized carbons (Fsp3) is 0.333. The summed E-state index contributed by atoms with van der Waals surface area (Å²) < 4.78 is 2.97. The summed E-state index contributed by atoms with van der Waals surface area (Å²) in [6, 6.07) is 17.7. The van der Waals surface area contributed by atoms with Gasteiger partial charge in [-0.25, -0.2) is 0 Å². The third kappa shape index (κ3) is 4.88. The second-order valence-electron chi connectivity index (χ2n) is 9.51. The van der Waals surface area contributed by atoms with Crippen molar-refractivity contribution in [3.8, 4) is 11.4 Å². The molecule has 0 spiro atoms. The lowest BCUT2D eigenvalue weighted by Crippen LogP contribution is -2.25. The SMILES string of the molecule is Cc1ccc(NC(=O)Cn2c(C)cc(=O)n3nc(-c4ccc(C5CCC(N)CC5)cc4)nc23)cc1. The number of aryl methyl sites for hydroxylation is 2. The number of carbonyl (C=O) groups is 1. The Morgan fingerprint density at radius 3 is 2.40 bits per heavy atom. The Kier molecular flexibility index (Phi) is 6.21. The Bertz CT molecular complexity index is 1410. The van der Waals surface area contributed by atoms with Crippen molar-refractivity contribution in [3.63, 3.8) is 0 Å². The Balaban J connectivity index is 1.41. The summed E-state index contributed by atoms with van der Waals surface area (Å²) in [5.41, 5.74) is 10.4. The van der Waals surface area contributed by atoms with E-state index in [4.69, 9.17) is 5.73 Å². The molecule has 0 atom stereocenters. The number of anilines is 1. The average Bonchev–Trinajstić information content (AvgIpc) is 3.30. The molecule has 4 aromatic rings. The Morgan fingerprint density at radius 2 is 1.71 bits per heavy atom. The average molecular weight is 471 g/mol. The highest BCUT2D eigenvalue weighted by Gasteiger charge is 2.20. The first-order valence-corrected chi connectivity index (χ1v) is 12.1. The number of aromatic nitrogens is 4. The number of rotatable bonds is 5. The molecule has 1 saturated carbocycles. The van der Waals surface area contributed by atoms with Crippen LogP contribution in [0.2, 0.25) is 0 Å². The summed E-state index contributed by atoms with van der Waals surface area (Å²) in [6.45, 7) is 3.80. The zero-order valence-corrected chi connectivity index (χ0v) is 20.1. The van der Waals surface area contributed by atoms with Crippen molar-refractivity contribution in [2.75, 3.05) is 5.32 Å². The lowest BCUT2D eigenvalue weighted by molar-refractivity contribution is -0.116. The Morgan fingerprint density at radius 1 is 1.03 bits per heavy atom. The molecule has 1 aliphatic carbocycles. The number of amides is 1. The van der Waals surface area contributed by atoms with E-state index in [1.165, 1.54) is 16.1 Å². The first-order valence-electron chi connectivity index (χ1n) is 12.1. The van der Waals surface area contributed by atoms with E-state index in [1.54, 1.807) is 11.5 Å². The summed E-state index contributed by atoms with van der Waals surface area (Å²) in [5.74, 6) is 1.12. The van der Waals surface area contributed by atoms with Crippen LogP contribution >= 0.6 is 0 Å². The van der Waals surface area contributed by atoms with Crippen LogP contribution in [-0.4, -0.2) is 31.1 Å². The molecule has 3 N–H and O–H groups in total. The molecule has 2 aromatic heterocycles. The maximum Gasteiger partial charge on any atom is 0.275 e. The number of nitrogens with zero attached hydrogens (tertiary/aromatic N) is 4. The molecule has 0 aliphatic heterocycles. The first-order chi connectivity index (χ1) is 16.9. The fourth-order valence-corrected chi connectivity index (χ4v) is 4.76. The number of carbonyl (C=O) groups excluding carboxylic acids is 1. The van der Waals surface area contributed by atoms with E-state index in [0.717, 1.165) is 42.5 Å². The van der Waals surface area contributed by atoms with Crippen LogP contribution in [0.5, 0.6) is 0 Å². The van der Waals surface area contributed by atoms with Crippen molar-refractivity contribution in [2.45, 2.75) is 58.0 Å². The predicted octanol–water partition coefficient (Wildman–Crippen LogP) is 3.80. The molecule has 2 aromatic carbocycles. The lowest BCUT2D eigenvalue weighted by atomic mass is 9.82. The molecule has 8 nitrogen and oxygen atoms in total. The van der Waals surface area contributed by atoms with Gasteiger partial charge in [-0.05, 0) is 63.1 Å². The quantitative estimate of drug-likeness (QED) is 0.461. The highest BCUT2D eigenvalue weighted by molar-refractivity contribution is 5.90. The highest BCUT2D eigenvalue weighted by Crippen LogP contribution is 2.33. The second-order valence-corrected chi connectivity index (χ2v) is 9.51. The molecule has 1 fully saturated rings. The summed E-state index contributed by atoms with van der Waals surface area (Å²) in [4.78, 5) is 30.0. The molecular weight excluding hydrogens is 440 g/mol. The number of fused-ring (bicyclic) bond motifs is 1. The molecule has 1 amide bonds. The molecule has 8 heteroatoms. The summed E-state index contributed by atoms with van der Waals surface area (Å²) in [5, 5.41) is 7.36. The van der Waals surface area contributed by atoms with Crippen LogP contribution < -0.4 is 16.6 Å². The monoisotopic (exact) mass is 470 g/mol. The molecule has 0 radical (unpaired) electrons. The molecule has 35 heavy (non-hydrogen) atoms. The molecule has 180 valence electrons. The maximum absolute atomic E-state index is 12.8. The van der Waals surface area contributed by atoms with E-state index in [-0.39, 0.29) is 18.0 Å². The Hall–Kier alpha value is -3.78. The number of benzene rings is 2. The molecule has 0 bridgehead atoms. The van der Waals surface area contributed by atoms with Gasteiger partial charge in [-0.1, -0.05) is 42.0 Å². The van der Waals surface area contributed by atoms with Crippen molar-refractivity contribution in [1.29, 1.82) is 0 Å². The minimum atomic E-state index is -0.276. The van der Waals surface area contributed by atoms with Gasteiger partial charge in [-0.3, -0.25) is 9.59 Å². The van der Waals surface area contributed by atoms with Crippen LogP contribution in [0.3, 0.4) is 0 Å². The van der Waals surface area contributed by atoms with Crippen LogP contribution in [0, 0.1) is 13.8 Å².